The molecule has 2 amide bonds. The van der Waals surface area contributed by atoms with Crippen LogP contribution in [0.2, 0.25) is 0 Å². The van der Waals surface area contributed by atoms with E-state index in [1.165, 1.54) is 6.92 Å². The fourth-order valence-electron chi connectivity index (χ4n) is 2.94. The highest BCUT2D eigenvalue weighted by molar-refractivity contribution is 6.05. The maximum atomic E-state index is 12.4. The number of rotatable bonds is 7. The van der Waals surface area contributed by atoms with Gasteiger partial charge in [0.25, 0.3) is 5.91 Å². The van der Waals surface area contributed by atoms with E-state index in [4.69, 9.17) is 0 Å². The Morgan fingerprint density at radius 3 is 2.17 bits per heavy atom. The number of ketones is 1. The molecule has 0 aliphatic rings. The minimum Gasteiger partial charge on any atom is -0.376 e. The Morgan fingerprint density at radius 1 is 0.767 bits per heavy atom. The Hall–Kier alpha value is -3.93. The SMILES string of the molecule is CC(=O)c1cccc(NC(=O)CNc2cccc(NC(=O)c3ccccc3)c2C)c1. The van der Waals surface area contributed by atoms with Gasteiger partial charge in [-0.25, -0.2) is 0 Å². The lowest BCUT2D eigenvalue weighted by Gasteiger charge is -2.14. The number of amides is 2. The summed E-state index contributed by atoms with van der Waals surface area (Å²) in [6.07, 6.45) is 0. The van der Waals surface area contributed by atoms with Crippen molar-refractivity contribution < 1.29 is 14.4 Å². The van der Waals surface area contributed by atoms with Crippen molar-refractivity contribution in [1.82, 2.24) is 0 Å². The molecule has 30 heavy (non-hydrogen) atoms. The van der Waals surface area contributed by atoms with Crippen LogP contribution in [0.15, 0.2) is 72.8 Å². The molecule has 6 nitrogen and oxygen atoms in total. The predicted molar refractivity (Wildman–Crippen MR) is 119 cm³/mol. The van der Waals surface area contributed by atoms with E-state index in [9.17, 15) is 14.4 Å². The number of anilines is 3. The number of carbonyl (C=O) groups is 3. The van der Waals surface area contributed by atoms with Crippen LogP contribution >= 0.6 is 0 Å². The van der Waals surface area contributed by atoms with Gasteiger partial charge in [0, 0.05) is 28.2 Å². The lowest BCUT2D eigenvalue weighted by molar-refractivity contribution is -0.114. The highest BCUT2D eigenvalue weighted by Gasteiger charge is 2.11. The molecule has 0 aliphatic heterocycles. The van der Waals surface area contributed by atoms with Gasteiger partial charge in [-0.3, -0.25) is 14.4 Å². The van der Waals surface area contributed by atoms with Gasteiger partial charge >= 0.3 is 0 Å². The molecule has 0 aliphatic carbocycles. The molecule has 6 heteroatoms. The molecule has 0 bridgehead atoms. The van der Waals surface area contributed by atoms with Crippen LogP contribution in [0.4, 0.5) is 17.1 Å². The van der Waals surface area contributed by atoms with Crippen molar-refractivity contribution in [1.29, 1.82) is 0 Å². The number of carbonyl (C=O) groups excluding carboxylic acids is 3. The summed E-state index contributed by atoms with van der Waals surface area (Å²) in [6.45, 7) is 3.40. The van der Waals surface area contributed by atoms with Gasteiger partial charge in [-0.15, -0.1) is 0 Å². The molecule has 3 aromatic carbocycles. The van der Waals surface area contributed by atoms with Crippen LogP contribution in [0, 0.1) is 6.92 Å². The van der Waals surface area contributed by atoms with Gasteiger partial charge in [-0.1, -0.05) is 36.4 Å². The minimum absolute atomic E-state index is 0.0429. The third kappa shape index (κ3) is 5.32. The summed E-state index contributed by atoms with van der Waals surface area (Å²) in [5.74, 6) is -0.498. The largest absolute Gasteiger partial charge is 0.376 e. The normalized spacial score (nSPS) is 10.2. The van der Waals surface area contributed by atoms with Gasteiger partial charge in [0.05, 0.1) is 6.54 Å². The molecular formula is C24H23N3O3. The Balaban J connectivity index is 1.62. The van der Waals surface area contributed by atoms with Crippen LogP contribution in [0.5, 0.6) is 0 Å². The number of benzene rings is 3. The second-order valence-electron chi connectivity index (χ2n) is 6.84. The van der Waals surface area contributed by atoms with Crippen molar-refractivity contribution in [2.24, 2.45) is 0 Å². The summed E-state index contributed by atoms with van der Waals surface area (Å²) in [7, 11) is 0. The number of hydrogen-bond acceptors (Lipinski definition) is 4. The van der Waals surface area contributed by atoms with E-state index >= 15 is 0 Å². The molecule has 3 rings (SSSR count). The van der Waals surface area contributed by atoms with E-state index in [-0.39, 0.29) is 24.1 Å². The molecule has 3 N–H and O–H groups in total. The monoisotopic (exact) mass is 401 g/mol. The average Bonchev–Trinajstić information content (AvgIpc) is 2.75. The van der Waals surface area contributed by atoms with E-state index in [2.05, 4.69) is 16.0 Å². The Kier molecular flexibility index (Phi) is 6.60. The number of Topliss-reactive ketones (excluding diaryl/α,β-unsaturated/α-hetero) is 1. The smallest absolute Gasteiger partial charge is 0.255 e. The summed E-state index contributed by atoms with van der Waals surface area (Å²) >= 11 is 0. The fourth-order valence-corrected chi connectivity index (χ4v) is 2.94. The summed E-state index contributed by atoms with van der Waals surface area (Å²) in [5, 5.41) is 8.77. The fraction of sp³-hybridized carbons (Fsp3) is 0.125. The van der Waals surface area contributed by atoms with E-state index < -0.39 is 0 Å². The molecule has 0 atom stereocenters. The maximum absolute atomic E-state index is 12.4. The first-order valence-electron chi connectivity index (χ1n) is 9.55. The van der Waals surface area contributed by atoms with Crippen molar-refractivity contribution in [3.05, 3.63) is 89.5 Å². The molecule has 0 fully saturated rings. The maximum Gasteiger partial charge on any atom is 0.255 e. The van der Waals surface area contributed by atoms with Crippen molar-refractivity contribution in [3.8, 4) is 0 Å². The summed E-state index contributed by atoms with van der Waals surface area (Å²) in [6, 6.07) is 21.2. The van der Waals surface area contributed by atoms with Gasteiger partial charge in [0.2, 0.25) is 5.91 Å². The van der Waals surface area contributed by atoms with Crippen LogP contribution in [0.25, 0.3) is 0 Å². The molecule has 0 saturated heterocycles. The van der Waals surface area contributed by atoms with E-state index in [0.29, 0.717) is 22.5 Å². The quantitative estimate of drug-likeness (QED) is 0.509. The van der Waals surface area contributed by atoms with Crippen molar-refractivity contribution in [2.75, 3.05) is 22.5 Å². The summed E-state index contributed by atoms with van der Waals surface area (Å²) < 4.78 is 0. The molecule has 3 aromatic rings. The topological polar surface area (TPSA) is 87.3 Å². The molecule has 0 heterocycles. The zero-order chi connectivity index (χ0) is 21.5. The highest BCUT2D eigenvalue weighted by atomic mass is 16.2. The van der Waals surface area contributed by atoms with Gasteiger partial charge < -0.3 is 16.0 Å². The Morgan fingerprint density at radius 2 is 1.43 bits per heavy atom. The number of nitrogens with one attached hydrogen (secondary N) is 3. The second kappa shape index (κ2) is 9.52. The van der Waals surface area contributed by atoms with Gasteiger partial charge in [0.1, 0.15) is 0 Å². The van der Waals surface area contributed by atoms with Crippen LogP contribution in [-0.4, -0.2) is 24.1 Å². The van der Waals surface area contributed by atoms with E-state index in [1.54, 1.807) is 36.4 Å². The van der Waals surface area contributed by atoms with Gasteiger partial charge in [-0.05, 0) is 55.8 Å². The minimum atomic E-state index is -0.242. The molecule has 0 saturated carbocycles. The van der Waals surface area contributed by atoms with Crippen LogP contribution in [-0.2, 0) is 4.79 Å². The third-order valence-corrected chi connectivity index (χ3v) is 4.61. The van der Waals surface area contributed by atoms with Crippen LogP contribution in [0.1, 0.15) is 33.2 Å². The van der Waals surface area contributed by atoms with Crippen molar-refractivity contribution in [3.63, 3.8) is 0 Å². The first kappa shape index (κ1) is 20.8. The molecule has 0 spiro atoms. The zero-order valence-electron chi connectivity index (χ0n) is 16.9. The van der Waals surface area contributed by atoms with Crippen LogP contribution < -0.4 is 16.0 Å². The Labute approximate surface area is 175 Å². The Bertz CT molecular complexity index is 1080. The van der Waals surface area contributed by atoms with Crippen LogP contribution in [0.3, 0.4) is 0 Å². The van der Waals surface area contributed by atoms with E-state index in [0.717, 1.165) is 11.3 Å². The molecule has 0 unspecified atom stereocenters. The first-order valence-corrected chi connectivity index (χ1v) is 9.55. The van der Waals surface area contributed by atoms with Crippen molar-refractivity contribution >= 4 is 34.7 Å². The predicted octanol–water partition coefficient (Wildman–Crippen LogP) is 4.50. The average molecular weight is 401 g/mol. The van der Waals surface area contributed by atoms with Crippen molar-refractivity contribution in [2.45, 2.75) is 13.8 Å². The summed E-state index contributed by atoms with van der Waals surface area (Å²) in [5.41, 5.74) is 3.92. The lowest BCUT2D eigenvalue weighted by atomic mass is 10.1. The lowest BCUT2D eigenvalue weighted by Crippen LogP contribution is -2.22. The standard InChI is InChI=1S/C24H23N3O3/c1-16-21(12-7-13-22(16)27-24(30)18-8-4-3-5-9-18)25-15-23(29)26-20-11-6-10-19(14-20)17(2)28/h3-14,25H,15H2,1-2H3,(H,26,29)(H,27,30). The number of hydrogen-bond donors (Lipinski definition) is 3. The van der Waals surface area contributed by atoms with Gasteiger partial charge in [-0.2, -0.15) is 0 Å². The molecule has 0 radical (unpaired) electrons. The summed E-state index contributed by atoms with van der Waals surface area (Å²) in [4.78, 5) is 36.2. The molecule has 0 aromatic heterocycles. The second-order valence-corrected chi connectivity index (χ2v) is 6.84. The van der Waals surface area contributed by atoms with E-state index in [1.807, 2.05) is 43.3 Å². The molecule has 152 valence electrons. The third-order valence-electron chi connectivity index (χ3n) is 4.61. The zero-order valence-corrected chi connectivity index (χ0v) is 16.9. The highest BCUT2D eigenvalue weighted by Crippen LogP contribution is 2.24. The first-order chi connectivity index (χ1) is 14.4. The molecular weight excluding hydrogens is 378 g/mol. The van der Waals surface area contributed by atoms with Gasteiger partial charge in [0.15, 0.2) is 5.78 Å².